The molecule has 138 valence electrons. The maximum absolute atomic E-state index is 14.0. The molecule has 0 N–H and O–H groups in total. The Morgan fingerprint density at radius 2 is 1.96 bits per heavy atom. The third kappa shape index (κ3) is 4.37. The van der Waals surface area contributed by atoms with Gasteiger partial charge in [-0.2, -0.15) is 0 Å². The Morgan fingerprint density at radius 1 is 1.19 bits per heavy atom. The summed E-state index contributed by atoms with van der Waals surface area (Å²) in [6.45, 7) is 5.78. The molecular weight excluding hydrogens is 331 g/mol. The van der Waals surface area contributed by atoms with Crippen LogP contribution in [0.3, 0.4) is 0 Å². The summed E-state index contributed by atoms with van der Waals surface area (Å²) in [6.07, 6.45) is 3.16. The fourth-order valence-electron chi connectivity index (χ4n) is 3.14. The molecule has 1 atom stereocenters. The van der Waals surface area contributed by atoms with E-state index in [2.05, 4.69) is 0 Å². The maximum Gasteiger partial charge on any atom is 0.130 e. The summed E-state index contributed by atoms with van der Waals surface area (Å²) in [5, 5.41) is 0. The first-order valence-electron chi connectivity index (χ1n) is 8.85. The highest BCUT2D eigenvalue weighted by atomic mass is 19.1. The molecule has 26 heavy (non-hydrogen) atoms. The first kappa shape index (κ1) is 19.8. The highest BCUT2D eigenvalue weighted by molar-refractivity contribution is 5.70. The Balaban J connectivity index is 2.32. The van der Waals surface area contributed by atoms with Crippen molar-refractivity contribution in [1.82, 2.24) is 0 Å². The lowest BCUT2D eigenvalue weighted by Gasteiger charge is -2.27. The van der Waals surface area contributed by atoms with Crippen LogP contribution in [0.5, 0.6) is 5.75 Å². The first-order valence-corrected chi connectivity index (χ1v) is 8.85. The molecule has 0 aliphatic rings. The van der Waals surface area contributed by atoms with Crippen molar-refractivity contribution < 1.29 is 18.7 Å². The predicted octanol–water partition coefficient (Wildman–Crippen LogP) is 4.71. The molecule has 2 aromatic rings. The monoisotopic (exact) mass is 356 g/mol. The highest BCUT2D eigenvalue weighted by Crippen LogP contribution is 2.35. The minimum absolute atomic E-state index is 0.120. The lowest BCUT2D eigenvalue weighted by Crippen LogP contribution is -2.26. The third-order valence-electron chi connectivity index (χ3n) is 4.74. The van der Waals surface area contributed by atoms with Crippen molar-refractivity contribution in [2.45, 2.75) is 52.1 Å². The van der Waals surface area contributed by atoms with Crippen molar-refractivity contribution in [3.8, 4) is 5.75 Å². The van der Waals surface area contributed by atoms with Crippen LogP contribution >= 0.6 is 0 Å². The number of hydrogen-bond acceptors (Lipinski definition) is 3. The normalized spacial score (nSPS) is 13.1. The molecule has 0 bridgehead atoms. The van der Waals surface area contributed by atoms with Crippen LogP contribution in [-0.2, 0) is 28.0 Å². The van der Waals surface area contributed by atoms with E-state index >= 15 is 0 Å². The van der Waals surface area contributed by atoms with E-state index < -0.39 is 5.41 Å². The molecule has 0 fully saturated rings. The summed E-state index contributed by atoms with van der Waals surface area (Å²) in [5.41, 5.74) is 2.38. The van der Waals surface area contributed by atoms with Gasteiger partial charge in [-0.1, -0.05) is 31.2 Å². The van der Waals surface area contributed by atoms with Gasteiger partial charge in [-0.15, -0.1) is 0 Å². The quantitative estimate of drug-likeness (QED) is 0.611. The lowest BCUT2D eigenvalue weighted by atomic mass is 9.77. The molecule has 0 unspecified atom stereocenters. The molecule has 2 aromatic carbocycles. The van der Waals surface area contributed by atoms with E-state index in [4.69, 9.17) is 4.74 Å². The molecule has 4 heteroatoms. The van der Waals surface area contributed by atoms with Crippen molar-refractivity contribution in [1.29, 1.82) is 0 Å². The fraction of sp³-hybridized carbons (Fsp3) is 0.364. The summed E-state index contributed by atoms with van der Waals surface area (Å²) in [7, 11) is 0. The van der Waals surface area contributed by atoms with Crippen molar-refractivity contribution in [2.24, 2.45) is 0 Å². The smallest absolute Gasteiger partial charge is 0.130 e. The second-order valence-electron chi connectivity index (χ2n) is 6.76. The number of benzene rings is 2. The second kappa shape index (κ2) is 8.75. The van der Waals surface area contributed by atoms with Crippen LogP contribution in [0.15, 0.2) is 36.4 Å². The molecular formula is C22H25FO3. The SMILES string of the molecule is CCc1c(OCc2ccc(C)cc2F)cccc1[C@@](C)(C=O)CCC=O. The van der Waals surface area contributed by atoms with E-state index in [0.717, 1.165) is 29.3 Å². The number of carbonyl (C=O) groups is 2. The average Bonchev–Trinajstić information content (AvgIpc) is 2.65. The van der Waals surface area contributed by atoms with Crippen LogP contribution in [0.4, 0.5) is 4.39 Å². The van der Waals surface area contributed by atoms with Gasteiger partial charge in [-0.3, -0.25) is 0 Å². The summed E-state index contributed by atoms with van der Waals surface area (Å²) in [6, 6.07) is 10.6. The maximum atomic E-state index is 14.0. The van der Waals surface area contributed by atoms with E-state index in [1.54, 1.807) is 6.07 Å². The van der Waals surface area contributed by atoms with Crippen molar-refractivity contribution in [3.63, 3.8) is 0 Å². The summed E-state index contributed by atoms with van der Waals surface area (Å²) in [4.78, 5) is 22.5. The van der Waals surface area contributed by atoms with Gasteiger partial charge in [0.2, 0.25) is 0 Å². The minimum atomic E-state index is -0.749. The van der Waals surface area contributed by atoms with Crippen LogP contribution in [0.1, 0.15) is 48.9 Å². The van der Waals surface area contributed by atoms with Gasteiger partial charge < -0.3 is 14.3 Å². The zero-order valence-electron chi connectivity index (χ0n) is 15.5. The molecule has 0 saturated carbocycles. The van der Waals surface area contributed by atoms with Crippen LogP contribution in [0.2, 0.25) is 0 Å². The van der Waals surface area contributed by atoms with Gasteiger partial charge >= 0.3 is 0 Å². The van der Waals surface area contributed by atoms with Gasteiger partial charge in [0.05, 0.1) is 0 Å². The molecule has 0 radical (unpaired) electrons. The second-order valence-corrected chi connectivity index (χ2v) is 6.76. The van der Waals surface area contributed by atoms with E-state index in [-0.39, 0.29) is 12.4 Å². The van der Waals surface area contributed by atoms with Gasteiger partial charge in [0.1, 0.15) is 30.7 Å². The fourth-order valence-corrected chi connectivity index (χ4v) is 3.14. The Hall–Kier alpha value is -2.49. The predicted molar refractivity (Wildman–Crippen MR) is 100 cm³/mol. The molecule has 0 saturated heterocycles. The zero-order chi connectivity index (χ0) is 19.2. The number of aryl methyl sites for hydroxylation is 1. The number of ether oxygens (including phenoxy) is 1. The first-order chi connectivity index (χ1) is 12.4. The van der Waals surface area contributed by atoms with Crippen LogP contribution in [0.25, 0.3) is 0 Å². The minimum Gasteiger partial charge on any atom is -0.489 e. The van der Waals surface area contributed by atoms with E-state index in [1.165, 1.54) is 6.07 Å². The van der Waals surface area contributed by atoms with Gasteiger partial charge in [-0.05, 0) is 55.5 Å². The van der Waals surface area contributed by atoms with Gasteiger partial charge in [0, 0.05) is 17.4 Å². The van der Waals surface area contributed by atoms with Crippen LogP contribution in [-0.4, -0.2) is 12.6 Å². The van der Waals surface area contributed by atoms with Gasteiger partial charge in [0.25, 0.3) is 0 Å². The van der Waals surface area contributed by atoms with E-state index in [9.17, 15) is 14.0 Å². The van der Waals surface area contributed by atoms with Crippen molar-refractivity contribution in [3.05, 3.63) is 64.5 Å². The molecule has 0 amide bonds. The zero-order valence-corrected chi connectivity index (χ0v) is 15.5. The van der Waals surface area contributed by atoms with Gasteiger partial charge in [-0.25, -0.2) is 4.39 Å². The molecule has 0 spiro atoms. The van der Waals surface area contributed by atoms with E-state index in [1.807, 2.05) is 45.0 Å². The molecule has 0 heterocycles. The number of rotatable bonds is 9. The van der Waals surface area contributed by atoms with Crippen molar-refractivity contribution >= 4 is 12.6 Å². The number of aldehydes is 2. The Morgan fingerprint density at radius 3 is 2.58 bits per heavy atom. The lowest BCUT2D eigenvalue weighted by molar-refractivity contribution is -0.113. The summed E-state index contributed by atoms with van der Waals surface area (Å²) < 4.78 is 19.9. The summed E-state index contributed by atoms with van der Waals surface area (Å²) >= 11 is 0. The Bertz CT molecular complexity index is 785. The topological polar surface area (TPSA) is 43.4 Å². The molecule has 3 nitrogen and oxygen atoms in total. The standard InChI is InChI=1S/C22H25FO3/c1-4-18-19(22(3,15-25)11-6-12-24)7-5-8-21(18)26-14-17-10-9-16(2)13-20(17)23/h5,7-10,12-13,15H,4,6,11,14H2,1-3H3/t22-/m1/s1. The molecule has 0 aromatic heterocycles. The Kier molecular flexibility index (Phi) is 6.67. The van der Waals surface area contributed by atoms with Gasteiger partial charge in [0.15, 0.2) is 0 Å². The molecule has 2 rings (SSSR count). The number of halogens is 1. The van der Waals surface area contributed by atoms with Crippen molar-refractivity contribution in [2.75, 3.05) is 0 Å². The summed E-state index contributed by atoms with van der Waals surface area (Å²) in [5.74, 6) is 0.354. The van der Waals surface area contributed by atoms with Crippen LogP contribution in [0, 0.1) is 12.7 Å². The molecule has 0 aliphatic heterocycles. The number of carbonyl (C=O) groups excluding carboxylic acids is 2. The highest BCUT2D eigenvalue weighted by Gasteiger charge is 2.29. The molecule has 0 aliphatic carbocycles. The van der Waals surface area contributed by atoms with Crippen LogP contribution < -0.4 is 4.74 Å². The number of hydrogen-bond donors (Lipinski definition) is 0. The van der Waals surface area contributed by atoms with E-state index in [0.29, 0.717) is 30.6 Å². The largest absolute Gasteiger partial charge is 0.489 e. The third-order valence-corrected chi connectivity index (χ3v) is 4.74. The Labute approximate surface area is 154 Å². The average molecular weight is 356 g/mol.